The van der Waals surface area contributed by atoms with Crippen LogP contribution in [0.4, 0.5) is 10.1 Å². The number of thioether (sulfide) groups is 1. The van der Waals surface area contributed by atoms with Crippen LogP contribution in [0.5, 0.6) is 0 Å². The first-order valence-electron chi connectivity index (χ1n) is 10.7. The zero-order valence-corrected chi connectivity index (χ0v) is 21.3. The molecule has 8 heteroatoms. The van der Waals surface area contributed by atoms with Crippen molar-refractivity contribution in [3.05, 3.63) is 63.3 Å². The van der Waals surface area contributed by atoms with Crippen molar-refractivity contribution in [3.8, 4) is 0 Å². The summed E-state index contributed by atoms with van der Waals surface area (Å²) in [6.07, 6.45) is 1.53. The minimum absolute atomic E-state index is 0.00822. The molecule has 2 amide bonds. The number of likely N-dealkylation sites (tertiary alicyclic amines) is 1. The molecule has 1 heterocycles. The highest BCUT2D eigenvalue weighted by Gasteiger charge is 2.36. The Bertz CT molecular complexity index is 958. The molecule has 0 aromatic heterocycles. The van der Waals surface area contributed by atoms with E-state index >= 15 is 0 Å². The number of halogens is 3. The van der Waals surface area contributed by atoms with E-state index in [0.29, 0.717) is 33.4 Å². The van der Waals surface area contributed by atoms with E-state index < -0.39 is 0 Å². The van der Waals surface area contributed by atoms with E-state index in [-0.39, 0.29) is 36.0 Å². The molecular weight excluding hydrogens is 515 g/mol. The molecule has 4 nitrogen and oxygen atoms in total. The van der Waals surface area contributed by atoms with Crippen molar-refractivity contribution >= 4 is 56.8 Å². The summed E-state index contributed by atoms with van der Waals surface area (Å²) in [5, 5.41) is 3.94. The van der Waals surface area contributed by atoms with Crippen LogP contribution in [-0.4, -0.2) is 34.3 Å². The monoisotopic (exact) mass is 540 g/mol. The number of anilines is 1. The molecule has 1 saturated heterocycles. The van der Waals surface area contributed by atoms with Crippen LogP contribution >= 0.6 is 39.3 Å². The molecule has 0 radical (unpaired) electrons. The van der Waals surface area contributed by atoms with Gasteiger partial charge in [-0.15, -0.1) is 0 Å². The highest BCUT2D eigenvalue weighted by molar-refractivity contribution is 9.10. The molecule has 0 bridgehead atoms. The Kier molecular flexibility index (Phi) is 9.03. The number of carbonyl (C=O) groups is 2. The van der Waals surface area contributed by atoms with Gasteiger partial charge in [0.25, 0.3) is 0 Å². The second-order valence-electron chi connectivity index (χ2n) is 8.17. The van der Waals surface area contributed by atoms with Gasteiger partial charge in [0, 0.05) is 34.1 Å². The first-order chi connectivity index (χ1) is 15.2. The molecule has 0 aliphatic carbocycles. The molecule has 2 aromatic carbocycles. The lowest BCUT2D eigenvalue weighted by Gasteiger charge is -2.39. The van der Waals surface area contributed by atoms with Crippen molar-refractivity contribution in [3.63, 3.8) is 0 Å². The Labute approximate surface area is 206 Å². The average molecular weight is 542 g/mol. The maximum absolute atomic E-state index is 13.4. The summed E-state index contributed by atoms with van der Waals surface area (Å²) in [5.41, 5.74) is 1.55. The van der Waals surface area contributed by atoms with Crippen molar-refractivity contribution < 1.29 is 14.0 Å². The normalized spacial score (nSPS) is 18.8. The predicted molar refractivity (Wildman–Crippen MR) is 134 cm³/mol. The lowest BCUT2D eigenvalue weighted by molar-refractivity contribution is -0.143. The van der Waals surface area contributed by atoms with Crippen LogP contribution in [0.1, 0.15) is 44.7 Å². The van der Waals surface area contributed by atoms with Gasteiger partial charge in [-0.05, 0) is 69.9 Å². The van der Waals surface area contributed by atoms with Gasteiger partial charge in [-0.25, -0.2) is 4.39 Å². The molecule has 1 aliphatic rings. The number of amides is 2. The van der Waals surface area contributed by atoms with Crippen molar-refractivity contribution in [2.75, 3.05) is 17.6 Å². The fraction of sp³-hybridized carbons (Fsp3) is 0.417. The third-order valence-corrected chi connectivity index (χ3v) is 7.47. The maximum Gasteiger partial charge on any atom is 0.226 e. The summed E-state index contributed by atoms with van der Waals surface area (Å²) < 4.78 is 13.8. The number of piperidine rings is 1. The van der Waals surface area contributed by atoms with Crippen LogP contribution in [0.3, 0.4) is 0 Å². The Morgan fingerprint density at radius 2 is 1.97 bits per heavy atom. The number of carbonyl (C=O) groups excluding carboxylic acids is 2. The van der Waals surface area contributed by atoms with Gasteiger partial charge >= 0.3 is 0 Å². The Hall–Kier alpha value is -1.57. The molecular formula is C24H27BrClFN2O2S. The van der Waals surface area contributed by atoms with Crippen LogP contribution in [0.2, 0.25) is 5.02 Å². The number of benzene rings is 2. The second kappa shape index (κ2) is 11.5. The summed E-state index contributed by atoms with van der Waals surface area (Å²) in [4.78, 5) is 28.0. The van der Waals surface area contributed by atoms with Gasteiger partial charge in [-0.2, -0.15) is 11.8 Å². The number of nitrogens with zero attached hydrogens (tertiary/aromatic N) is 1. The molecule has 1 aliphatic heterocycles. The van der Waals surface area contributed by atoms with Gasteiger partial charge in [0.2, 0.25) is 11.8 Å². The van der Waals surface area contributed by atoms with Gasteiger partial charge in [0.1, 0.15) is 5.82 Å². The lowest BCUT2D eigenvalue weighted by Crippen LogP contribution is -2.45. The first kappa shape index (κ1) is 25.1. The fourth-order valence-electron chi connectivity index (χ4n) is 3.92. The molecule has 2 aromatic rings. The molecule has 0 spiro atoms. The predicted octanol–water partition coefficient (Wildman–Crippen LogP) is 6.69. The van der Waals surface area contributed by atoms with Crippen LogP contribution in [0.25, 0.3) is 0 Å². The Morgan fingerprint density at radius 3 is 2.62 bits per heavy atom. The maximum atomic E-state index is 13.4. The topological polar surface area (TPSA) is 49.4 Å². The Morgan fingerprint density at radius 1 is 1.25 bits per heavy atom. The molecule has 2 unspecified atom stereocenters. The number of hydrogen-bond acceptors (Lipinski definition) is 3. The zero-order valence-electron chi connectivity index (χ0n) is 18.1. The van der Waals surface area contributed by atoms with E-state index in [1.54, 1.807) is 0 Å². The highest BCUT2D eigenvalue weighted by Crippen LogP contribution is 2.36. The summed E-state index contributed by atoms with van der Waals surface area (Å²) >= 11 is 11.1. The van der Waals surface area contributed by atoms with Crippen LogP contribution < -0.4 is 5.32 Å². The molecule has 1 N–H and O–H groups in total. The fourth-order valence-corrected chi connectivity index (χ4v) is 5.27. The molecule has 2 atom stereocenters. The number of rotatable bonds is 8. The molecule has 32 heavy (non-hydrogen) atoms. The number of nitrogens with one attached hydrogen (secondary N) is 1. The van der Waals surface area contributed by atoms with E-state index in [4.69, 9.17) is 11.6 Å². The Balaban J connectivity index is 1.70. The van der Waals surface area contributed by atoms with E-state index in [9.17, 15) is 14.0 Å². The summed E-state index contributed by atoms with van der Waals surface area (Å²) in [6.45, 7) is 4.91. The third-order valence-electron chi connectivity index (χ3n) is 5.47. The highest BCUT2D eigenvalue weighted by atomic mass is 79.9. The van der Waals surface area contributed by atoms with E-state index in [1.807, 2.05) is 40.9 Å². The zero-order chi connectivity index (χ0) is 23.3. The largest absolute Gasteiger partial charge is 0.335 e. The van der Waals surface area contributed by atoms with Gasteiger partial charge in [-0.1, -0.05) is 37.6 Å². The second-order valence-corrected chi connectivity index (χ2v) is 11.1. The molecule has 0 saturated carbocycles. The molecule has 1 fully saturated rings. The SMILES string of the molecule is CC(C)SCCN1C(=O)C(CC(=O)Nc2ccc(F)cc2Br)CCC1c1ccc(Cl)cc1. The van der Waals surface area contributed by atoms with Gasteiger partial charge in [0.05, 0.1) is 11.7 Å². The minimum atomic E-state index is -0.388. The van der Waals surface area contributed by atoms with E-state index in [2.05, 4.69) is 35.1 Å². The van der Waals surface area contributed by atoms with Crippen LogP contribution in [0, 0.1) is 11.7 Å². The van der Waals surface area contributed by atoms with Gasteiger partial charge in [0.15, 0.2) is 0 Å². The standard InChI is InChI=1S/C24H27BrClFN2O2S/c1-15(2)32-12-11-29-22(16-3-6-18(26)7-4-16)10-5-17(24(29)31)13-23(30)28-21-9-8-19(27)14-20(21)25/h3-4,6-9,14-15,17,22H,5,10-13H2,1-2H3,(H,28,30). The number of hydrogen-bond donors (Lipinski definition) is 1. The van der Waals surface area contributed by atoms with E-state index in [1.165, 1.54) is 18.2 Å². The van der Waals surface area contributed by atoms with E-state index in [0.717, 1.165) is 17.7 Å². The quantitative estimate of drug-likeness (QED) is 0.405. The van der Waals surface area contributed by atoms with Crippen molar-refractivity contribution in [1.82, 2.24) is 4.90 Å². The molecule has 172 valence electrons. The summed E-state index contributed by atoms with van der Waals surface area (Å²) in [6, 6.07) is 11.7. The van der Waals surface area contributed by atoms with Crippen LogP contribution in [0.15, 0.2) is 46.9 Å². The van der Waals surface area contributed by atoms with Gasteiger partial charge in [-0.3, -0.25) is 9.59 Å². The smallest absolute Gasteiger partial charge is 0.226 e. The summed E-state index contributed by atoms with van der Waals surface area (Å²) in [5.74, 6) is -0.164. The average Bonchev–Trinajstić information content (AvgIpc) is 2.73. The third kappa shape index (κ3) is 6.72. The molecule has 3 rings (SSSR count). The lowest BCUT2D eigenvalue weighted by atomic mass is 9.86. The summed E-state index contributed by atoms with van der Waals surface area (Å²) in [7, 11) is 0. The minimum Gasteiger partial charge on any atom is -0.335 e. The van der Waals surface area contributed by atoms with Gasteiger partial charge < -0.3 is 10.2 Å². The van der Waals surface area contributed by atoms with Crippen molar-refractivity contribution in [2.24, 2.45) is 5.92 Å². The van der Waals surface area contributed by atoms with Crippen molar-refractivity contribution in [1.29, 1.82) is 0 Å². The first-order valence-corrected chi connectivity index (χ1v) is 12.9. The van der Waals surface area contributed by atoms with Crippen LogP contribution in [-0.2, 0) is 9.59 Å². The van der Waals surface area contributed by atoms with Crippen molar-refractivity contribution in [2.45, 2.75) is 44.4 Å².